The van der Waals surface area contributed by atoms with E-state index in [4.69, 9.17) is 9.57 Å². The number of amides is 1. The zero-order valence-corrected chi connectivity index (χ0v) is 17.1. The molecule has 1 amide bonds. The smallest absolute Gasteiger partial charge is 0.262 e. The number of hydrogen-bond acceptors (Lipinski definition) is 6. The lowest BCUT2D eigenvalue weighted by atomic mass is 10.0. The Morgan fingerprint density at radius 3 is 2.32 bits per heavy atom. The minimum atomic E-state index is -4.01. The van der Waals surface area contributed by atoms with Crippen LogP contribution in [0.25, 0.3) is 0 Å². The van der Waals surface area contributed by atoms with Crippen molar-refractivity contribution in [2.75, 3.05) is 14.2 Å². The number of pyridine rings is 1. The van der Waals surface area contributed by atoms with Gasteiger partial charge in [0.25, 0.3) is 5.91 Å². The maximum Gasteiger partial charge on any atom is 0.262 e. The molecular formula is C19H25N3O5S. The number of nitrogens with zero attached hydrogens (tertiary/aromatic N) is 2. The molecule has 9 heteroatoms. The van der Waals surface area contributed by atoms with E-state index in [9.17, 15) is 13.2 Å². The normalized spacial score (nSPS) is 12.8. The minimum Gasteiger partial charge on any atom is -0.497 e. The third-order valence-electron chi connectivity index (χ3n) is 4.12. The number of hydroxylamine groups is 1. The second-order valence-corrected chi connectivity index (χ2v) is 8.30. The number of nitrogens with one attached hydrogen (secondary N) is 1. The summed E-state index contributed by atoms with van der Waals surface area (Å²) in [5.74, 6) is -0.329. The van der Waals surface area contributed by atoms with Crippen LogP contribution in [0.1, 0.15) is 19.5 Å². The van der Waals surface area contributed by atoms with Crippen LogP contribution in [0.15, 0.2) is 53.6 Å². The van der Waals surface area contributed by atoms with Crippen LogP contribution in [0, 0.1) is 5.92 Å². The van der Waals surface area contributed by atoms with Crippen molar-refractivity contribution in [1.82, 2.24) is 14.8 Å². The van der Waals surface area contributed by atoms with E-state index in [1.165, 1.54) is 26.4 Å². The largest absolute Gasteiger partial charge is 0.497 e. The topological polar surface area (TPSA) is 97.8 Å². The van der Waals surface area contributed by atoms with E-state index in [0.717, 1.165) is 4.31 Å². The van der Waals surface area contributed by atoms with Gasteiger partial charge in [0.1, 0.15) is 11.8 Å². The van der Waals surface area contributed by atoms with Crippen molar-refractivity contribution in [3.63, 3.8) is 0 Å². The van der Waals surface area contributed by atoms with Gasteiger partial charge in [0.2, 0.25) is 10.0 Å². The molecule has 1 aromatic carbocycles. The molecule has 1 aromatic heterocycles. The molecule has 0 fully saturated rings. The molecule has 0 radical (unpaired) electrons. The molecule has 152 valence electrons. The summed E-state index contributed by atoms with van der Waals surface area (Å²) >= 11 is 0. The summed E-state index contributed by atoms with van der Waals surface area (Å²) in [6, 6.07) is 10.2. The summed E-state index contributed by atoms with van der Waals surface area (Å²) < 4.78 is 33.1. The molecule has 0 bridgehead atoms. The summed E-state index contributed by atoms with van der Waals surface area (Å²) in [4.78, 5) is 21.6. The van der Waals surface area contributed by atoms with Gasteiger partial charge in [-0.1, -0.05) is 19.9 Å². The average molecular weight is 406 g/mol. The molecule has 2 rings (SSSR count). The van der Waals surface area contributed by atoms with Crippen molar-refractivity contribution in [1.29, 1.82) is 0 Å². The number of hydrogen-bond donors (Lipinski definition) is 1. The Morgan fingerprint density at radius 1 is 1.14 bits per heavy atom. The number of carbonyl (C=O) groups excluding carboxylic acids is 1. The van der Waals surface area contributed by atoms with Gasteiger partial charge in [0.15, 0.2) is 0 Å². The predicted molar refractivity (Wildman–Crippen MR) is 104 cm³/mol. The third kappa shape index (κ3) is 5.06. The standard InChI is InChI=1S/C19H25N3O5S/c1-14(2)18(19(23)21-27-4)22(13-15-7-5-6-12-20-15)28(24,25)17-10-8-16(26-3)9-11-17/h5-12,14,18H,13H2,1-4H3,(H,21,23)/t18-/m1/s1/i4-1. The highest BCUT2D eigenvalue weighted by molar-refractivity contribution is 7.89. The molecule has 1 atom stereocenters. The summed E-state index contributed by atoms with van der Waals surface area (Å²) in [5.41, 5.74) is 2.77. The van der Waals surface area contributed by atoms with E-state index in [-0.39, 0.29) is 17.4 Å². The Bertz CT molecular complexity index is 870. The van der Waals surface area contributed by atoms with Gasteiger partial charge < -0.3 is 4.74 Å². The first-order valence-electron chi connectivity index (χ1n) is 8.70. The minimum absolute atomic E-state index is 0.0556. The Kier molecular flexibility index (Phi) is 7.50. The highest BCUT2D eigenvalue weighted by atomic mass is 32.2. The number of sulfonamides is 1. The number of aromatic nitrogens is 1. The van der Waals surface area contributed by atoms with E-state index in [1.807, 2.05) is 0 Å². The second kappa shape index (κ2) is 9.63. The molecule has 0 spiro atoms. The molecule has 0 aliphatic heterocycles. The number of rotatable bonds is 9. The fourth-order valence-corrected chi connectivity index (χ4v) is 4.49. The summed E-state index contributed by atoms with van der Waals surface area (Å²) in [5, 5.41) is 0. The van der Waals surface area contributed by atoms with Crippen LogP contribution in [-0.4, -0.2) is 43.9 Å². The van der Waals surface area contributed by atoms with Gasteiger partial charge in [-0.15, -0.1) is 0 Å². The van der Waals surface area contributed by atoms with E-state index in [1.54, 1.807) is 50.4 Å². The number of ether oxygens (including phenoxy) is 1. The van der Waals surface area contributed by atoms with Gasteiger partial charge in [0.05, 0.1) is 31.4 Å². The highest BCUT2D eigenvalue weighted by Gasteiger charge is 2.38. The first-order valence-corrected chi connectivity index (χ1v) is 10.1. The molecule has 2 aromatic rings. The van der Waals surface area contributed by atoms with Crippen LogP contribution in [0.3, 0.4) is 0 Å². The van der Waals surface area contributed by atoms with Crippen molar-refractivity contribution < 1.29 is 22.8 Å². The van der Waals surface area contributed by atoms with Crippen molar-refractivity contribution in [2.45, 2.75) is 31.3 Å². The van der Waals surface area contributed by atoms with Gasteiger partial charge in [0, 0.05) is 6.20 Å². The van der Waals surface area contributed by atoms with E-state index in [2.05, 4.69) is 10.5 Å². The molecule has 1 N–H and O–H groups in total. The molecule has 1 heterocycles. The van der Waals surface area contributed by atoms with Crippen molar-refractivity contribution in [3.8, 4) is 5.75 Å². The zero-order chi connectivity index (χ0) is 20.7. The lowest BCUT2D eigenvalue weighted by molar-refractivity contribution is -0.136. The Balaban J connectivity index is 2.52. The van der Waals surface area contributed by atoms with Gasteiger partial charge in [-0.05, 0) is 42.3 Å². The first-order chi connectivity index (χ1) is 13.3. The van der Waals surface area contributed by atoms with Crippen molar-refractivity contribution in [2.24, 2.45) is 5.92 Å². The molecule has 0 saturated heterocycles. The predicted octanol–water partition coefficient (Wildman–Crippen LogP) is 1.98. The number of methoxy groups -OCH3 is 1. The molecule has 0 aliphatic carbocycles. The second-order valence-electron chi connectivity index (χ2n) is 6.41. The van der Waals surface area contributed by atoms with Gasteiger partial charge in [-0.2, -0.15) is 4.31 Å². The van der Waals surface area contributed by atoms with Crippen LogP contribution in [0.5, 0.6) is 5.75 Å². The van der Waals surface area contributed by atoms with E-state index < -0.39 is 22.0 Å². The lowest BCUT2D eigenvalue weighted by Crippen LogP contribution is -2.51. The fourth-order valence-electron chi connectivity index (χ4n) is 2.79. The van der Waals surface area contributed by atoms with Gasteiger partial charge in [-0.3, -0.25) is 14.6 Å². The Morgan fingerprint density at radius 2 is 1.82 bits per heavy atom. The average Bonchev–Trinajstić information content (AvgIpc) is 2.68. The molecule has 8 nitrogen and oxygen atoms in total. The van der Waals surface area contributed by atoms with Crippen LogP contribution >= 0.6 is 0 Å². The van der Waals surface area contributed by atoms with E-state index in [0.29, 0.717) is 11.4 Å². The fraction of sp³-hybridized carbons (Fsp3) is 0.368. The molecule has 0 saturated carbocycles. The van der Waals surface area contributed by atoms with Crippen molar-refractivity contribution >= 4 is 15.9 Å². The molecule has 0 unspecified atom stereocenters. The van der Waals surface area contributed by atoms with Crippen LogP contribution < -0.4 is 10.2 Å². The highest BCUT2D eigenvalue weighted by Crippen LogP contribution is 2.26. The van der Waals surface area contributed by atoms with Crippen molar-refractivity contribution in [3.05, 3.63) is 54.4 Å². The molecule has 28 heavy (non-hydrogen) atoms. The van der Waals surface area contributed by atoms with E-state index >= 15 is 0 Å². The number of benzene rings is 1. The first kappa shape index (κ1) is 21.8. The SMILES string of the molecule is COc1ccc(S(=O)(=O)N(Cc2ccccn2)[C@@H](C(=O)NO[11CH3])C(C)C)cc1. The lowest BCUT2D eigenvalue weighted by Gasteiger charge is -2.32. The maximum atomic E-state index is 13.4. The van der Waals surface area contributed by atoms with Crippen LogP contribution in [0.4, 0.5) is 0 Å². The zero-order valence-electron chi connectivity index (χ0n) is 16.3. The Hall–Kier alpha value is -2.49. The summed E-state index contributed by atoms with van der Waals surface area (Å²) in [6.07, 6.45) is 1.58. The van der Waals surface area contributed by atoms with Gasteiger partial charge >= 0.3 is 0 Å². The molecular weight excluding hydrogens is 381 g/mol. The van der Waals surface area contributed by atoms with Crippen LogP contribution in [0.2, 0.25) is 0 Å². The summed E-state index contributed by atoms with van der Waals surface area (Å²) in [6.45, 7) is 3.49. The van der Waals surface area contributed by atoms with Gasteiger partial charge in [-0.25, -0.2) is 13.9 Å². The maximum absolute atomic E-state index is 13.4. The quantitative estimate of drug-likeness (QED) is 0.640. The number of carbonyl (C=O) groups is 1. The molecule has 0 aliphatic rings. The summed E-state index contributed by atoms with van der Waals surface area (Å²) in [7, 11) is -1.21. The monoisotopic (exact) mass is 406 g/mol. The Labute approximate surface area is 165 Å². The third-order valence-corrected chi connectivity index (χ3v) is 5.96. The van der Waals surface area contributed by atoms with Crippen LogP contribution in [-0.2, 0) is 26.2 Å².